The minimum absolute atomic E-state index is 0.0946. The maximum absolute atomic E-state index is 12.5. The van der Waals surface area contributed by atoms with Crippen LogP contribution in [0.5, 0.6) is 0 Å². The lowest BCUT2D eigenvalue weighted by molar-refractivity contribution is 0.214. The van der Waals surface area contributed by atoms with Gasteiger partial charge in [-0.15, -0.1) is 0 Å². The van der Waals surface area contributed by atoms with Gasteiger partial charge < -0.3 is 9.51 Å². The first kappa shape index (κ1) is 14.4. The van der Waals surface area contributed by atoms with E-state index in [2.05, 4.69) is 29.0 Å². The molecule has 1 N–H and O–H groups in total. The molecule has 3 aliphatic carbocycles. The van der Waals surface area contributed by atoms with Gasteiger partial charge in [-0.05, 0) is 61.5 Å². The fraction of sp³-hybridized carbons (Fsp3) is 0.632. The van der Waals surface area contributed by atoms with Crippen molar-refractivity contribution in [1.29, 1.82) is 0 Å². The lowest BCUT2D eigenvalue weighted by Crippen LogP contribution is -2.27. The van der Waals surface area contributed by atoms with Crippen molar-refractivity contribution >= 4 is 0 Å². The highest BCUT2D eigenvalue weighted by Crippen LogP contribution is 2.70. The molecule has 2 heterocycles. The quantitative estimate of drug-likeness (QED) is 0.940. The molecule has 0 amide bonds. The summed E-state index contributed by atoms with van der Waals surface area (Å²) in [5.74, 6) is 3.37. The smallest absolute Gasteiger partial charge is 0.259 e. The lowest BCUT2D eigenvalue weighted by Gasteiger charge is -2.28. The summed E-state index contributed by atoms with van der Waals surface area (Å²) in [5, 5.41) is 4.13. The van der Waals surface area contributed by atoms with Gasteiger partial charge in [-0.3, -0.25) is 4.79 Å². The molecular formula is C19H23N3O2. The highest BCUT2D eigenvalue weighted by molar-refractivity contribution is 5.55. The van der Waals surface area contributed by atoms with Crippen molar-refractivity contribution in [3.8, 4) is 11.4 Å². The first-order chi connectivity index (χ1) is 11.6. The van der Waals surface area contributed by atoms with Gasteiger partial charge in [-0.1, -0.05) is 25.4 Å². The second-order valence-electron chi connectivity index (χ2n) is 8.10. The van der Waals surface area contributed by atoms with Crippen LogP contribution < -0.4 is 5.56 Å². The third-order valence-corrected chi connectivity index (χ3v) is 6.70. The van der Waals surface area contributed by atoms with Crippen molar-refractivity contribution in [2.75, 3.05) is 0 Å². The number of pyridine rings is 1. The number of H-pyrrole nitrogens is 1. The molecule has 5 rings (SSSR count). The summed E-state index contributed by atoms with van der Waals surface area (Å²) in [6.45, 7) is 4.52. The van der Waals surface area contributed by atoms with E-state index < -0.39 is 0 Å². The Morgan fingerprint density at radius 1 is 1.42 bits per heavy atom. The summed E-state index contributed by atoms with van der Waals surface area (Å²) in [4.78, 5) is 20.1. The molecule has 4 atom stereocenters. The molecule has 5 heteroatoms. The maximum Gasteiger partial charge on any atom is 0.259 e. The van der Waals surface area contributed by atoms with E-state index >= 15 is 0 Å². The molecule has 3 aliphatic rings. The van der Waals surface area contributed by atoms with Crippen LogP contribution in [0.3, 0.4) is 0 Å². The molecule has 0 bridgehead atoms. The fourth-order valence-corrected chi connectivity index (χ4v) is 5.03. The highest BCUT2D eigenvalue weighted by atomic mass is 16.5. The standard InChI is InChI=1S/C19H23N3O2/c1-3-11-4-5-15-12(6-11)7-13(17(23)20-15)16-21-18(24-22-16)19-8-10(2)14(19)9-19/h7,10-11,14H,3-6,8-9H2,1-2H3,(H,20,23)/t10-,11?,14-,19+/m0/s1. The van der Waals surface area contributed by atoms with Gasteiger partial charge in [0.15, 0.2) is 0 Å². The molecule has 2 aromatic heterocycles. The van der Waals surface area contributed by atoms with Crippen molar-refractivity contribution in [1.82, 2.24) is 15.1 Å². The van der Waals surface area contributed by atoms with Crippen molar-refractivity contribution in [2.45, 2.75) is 57.8 Å². The molecule has 2 aromatic rings. The third-order valence-electron chi connectivity index (χ3n) is 6.70. The molecule has 1 unspecified atom stereocenters. The SMILES string of the molecule is CCC1CCc2[nH]c(=O)c(-c3noc([C@@]45C[C@H](C)[C@@H]4C5)n3)cc2C1. The average Bonchev–Trinajstić information content (AvgIpc) is 2.96. The number of hydrogen-bond donors (Lipinski definition) is 1. The Labute approximate surface area is 140 Å². The van der Waals surface area contributed by atoms with E-state index in [1.165, 1.54) is 12.0 Å². The number of aryl methyl sites for hydroxylation is 1. The Hall–Kier alpha value is -1.91. The molecule has 0 spiro atoms. The molecule has 0 radical (unpaired) electrons. The summed E-state index contributed by atoms with van der Waals surface area (Å²) in [7, 11) is 0. The topological polar surface area (TPSA) is 71.8 Å². The van der Waals surface area contributed by atoms with Crippen LogP contribution in [-0.2, 0) is 18.3 Å². The van der Waals surface area contributed by atoms with E-state index in [4.69, 9.17) is 4.52 Å². The Morgan fingerprint density at radius 2 is 2.29 bits per heavy atom. The Balaban J connectivity index is 1.49. The van der Waals surface area contributed by atoms with Crippen LogP contribution in [0.1, 0.15) is 56.7 Å². The normalized spacial score (nSPS) is 33.5. The van der Waals surface area contributed by atoms with E-state index in [0.29, 0.717) is 23.2 Å². The monoisotopic (exact) mass is 325 g/mol. The summed E-state index contributed by atoms with van der Waals surface area (Å²) in [5.41, 5.74) is 2.93. The van der Waals surface area contributed by atoms with E-state index in [1.807, 2.05) is 6.07 Å². The minimum Gasteiger partial charge on any atom is -0.338 e. The summed E-state index contributed by atoms with van der Waals surface area (Å²) in [6, 6.07) is 2.00. The molecule has 5 nitrogen and oxygen atoms in total. The van der Waals surface area contributed by atoms with Crippen molar-refractivity contribution < 1.29 is 4.52 Å². The molecule has 0 aliphatic heterocycles. The van der Waals surface area contributed by atoms with E-state index in [9.17, 15) is 4.79 Å². The largest absolute Gasteiger partial charge is 0.338 e. The minimum atomic E-state index is -0.0946. The summed E-state index contributed by atoms with van der Waals surface area (Å²) in [6.07, 6.45) is 6.63. The second kappa shape index (κ2) is 4.80. The van der Waals surface area contributed by atoms with E-state index in [1.54, 1.807) is 0 Å². The van der Waals surface area contributed by atoms with Crippen LogP contribution in [0.2, 0.25) is 0 Å². The highest BCUT2D eigenvalue weighted by Gasteiger charge is 2.69. The molecule has 2 saturated carbocycles. The number of hydrogen-bond acceptors (Lipinski definition) is 4. The first-order valence-corrected chi connectivity index (χ1v) is 9.20. The Kier molecular flexibility index (Phi) is 2.89. The second-order valence-corrected chi connectivity index (χ2v) is 8.10. The van der Waals surface area contributed by atoms with Gasteiger partial charge in [0.25, 0.3) is 5.56 Å². The molecule has 126 valence electrons. The van der Waals surface area contributed by atoms with Crippen LogP contribution in [0.25, 0.3) is 11.4 Å². The van der Waals surface area contributed by atoms with E-state index in [-0.39, 0.29) is 11.0 Å². The van der Waals surface area contributed by atoms with Crippen LogP contribution in [0, 0.1) is 17.8 Å². The van der Waals surface area contributed by atoms with Gasteiger partial charge in [0.1, 0.15) is 0 Å². The molecule has 2 fully saturated rings. The van der Waals surface area contributed by atoms with E-state index in [0.717, 1.165) is 49.6 Å². The molecular weight excluding hydrogens is 302 g/mol. The molecule has 24 heavy (non-hydrogen) atoms. The predicted molar refractivity (Wildman–Crippen MR) is 89.7 cm³/mol. The summed E-state index contributed by atoms with van der Waals surface area (Å²) >= 11 is 0. The third kappa shape index (κ3) is 1.90. The maximum atomic E-state index is 12.5. The number of rotatable bonds is 3. The van der Waals surface area contributed by atoms with Crippen molar-refractivity contribution in [3.63, 3.8) is 0 Å². The summed E-state index contributed by atoms with van der Waals surface area (Å²) < 4.78 is 5.54. The van der Waals surface area contributed by atoms with Crippen LogP contribution >= 0.6 is 0 Å². The number of nitrogens with zero attached hydrogens (tertiary/aromatic N) is 2. The average molecular weight is 325 g/mol. The van der Waals surface area contributed by atoms with Gasteiger partial charge in [0.2, 0.25) is 11.7 Å². The van der Waals surface area contributed by atoms with Crippen molar-refractivity contribution in [3.05, 3.63) is 33.6 Å². The number of nitrogens with one attached hydrogen (secondary N) is 1. The predicted octanol–water partition coefficient (Wildman–Crippen LogP) is 3.24. The van der Waals surface area contributed by atoms with Crippen LogP contribution in [0.4, 0.5) is 0 Å². The molecule has 0 saturated heterocycles. The van der Waals surface area contributed by atoms with Crippen LogP contribution in [-0.4, -0.2) is 15.1 Å². The first-order valence-electron chi connectivity index (χ1n) is 9.20. The van der Waals surface area contributed by atoms with Crippen molar-refractivity contribution in [2.24, 2.45) is 17.8 Å². The Morgan fingerprint density at radius 3 is 3.00 bits per heavy atom. The number of fused-ring (bicyclic) bond motifs is 2. The molecule has 0 aromatic carbocycles. The Bertz CT molecular complexity index is 868. The fourth-order valence-electron chi connectivity index (χ4n) is 5.03. The van der Waals surface area contributed by atoms with Gasteiger partial charge in [-0.25, -0.2) is 0 Å². The zero-order valence-corrected chi connectivity index (χ0v) is 14.3. The van der Waals surface area contributed by atoms with Gasteiger partial charge >= 0.3 is 0 Å². The lowest BCUT2D eigenvalue weighted by atomic mass is 9.76. The zero-order valence-electron chi connectivity index (χ0n) is 14.3. The number of aromatic nitrogens is 3. The van der Waals surface area contributed by atoms with Gasteiger partial charge in [0.05, 0.1) is 11.0 Å². The van der Waals surface area contributed by atoms with Gasteiger partial charge in [-0.2, -0.15) is 4.98 Å². The van der Waals surface area contributed by atoms with Crippen LogP contribution in [0.15, 0.2) is 15.4 Å². The number of aromatic amines is 1. The van der Waals surface area contributed by atoms with Gasteiger partial charge in [0, 0.05) is 5.69 Å². The zero-order chi connectivity index (χ0) is 16.5.